The molecule has 0 aliphatic carbocycles. The topological polar surface area (TPSA) is 29.1 Å². The molecule has 5 heteroatoms. The highest BCUT2D eigenvalue weighted by Crippen LogP contribution is 2.29. The molecule has 0 bridgehead atoms. The number of carbonyl (C=O) groups is 1. The first-order valence-electron chi connectivity index (χ1n) is 5.91. The second-order valence-corrected chi connectivity index (χ2v) is 7.45. The highest BCUT2D eigenvalue weighted by molar-refractivity contribution is 14.1. The third-order valence-corrected chi connectivity index (χ3v) is 4.90. The lowest BCUT2D eigenvalue weighted by Crippen LogP contribution is -2.14. The molecular formula is C15H12Br2INO. The minimum atomic E-state index is -0.108. The Bertz CT molecular complexity index is 663. The lowest BCUT2D eigenvalue weighted by Gasteiger charge is -2.12. The SMILES string of the molecule is Cc1cc(C)c(NC(=O)c2cc(Br)ccc2I)c(Br)c1. The summed E-state index contributed by atoms with van der Waals surface area (Å²) >= 11 is 9.07. The van der Waals surface area contributed by atoms with E-state index in [1.807, 2.05) is 44.2 Å². The first-order valence-corrected chi connectivity index (χ1v) is 8.58. The molecule has 0 fully saturated rings. The van der Waals surface area contributed by atoms with Crippen molar-refractivity contribution in [2.24, 2.45) is 0 Å². The molecular weight excluding hydrogens is 497 g/mol. The standard InChI is InChI=1S/C15H12Br2INO/c1-8-5-9(2)14(12(17)6-8)19-15(20)11-7-10(16)3-4-13(11)18/h3-7H,1-2H3,(H,19,20). The number of carbonyl (C=O) groups excluding carboxylic acids is 1. The van der Waals surface area contributed by atoms with Gasteiger partial charge >= 0.3 is 0 Å². The second kappa shape index (κ2) is 6.58. The highest BCUT2D eigenvalue weighted by Gasteiger charge is 2.14. The minimum absolute atomic E-state index is 0.108. The van der Waals surface area contributed by atoms with Gasteiger partial charge in [-0.2, -0.15) is 0 Å². The third-order valence-electron chi connectivity index (χ3n) is 2.84. The van der Waals surface area contributed by atoms with E-state index in [2.05, 4.69) is 59.8 Å². The van der Waals surface area contributed by atoms with Crippen molar-refractivity contribution in [2.45, 2.75) is 13.8 Å². The normalized spacial score (nSPS) is 10.4. The zero-order chi connectivity index (χ0) is 14.9. The number of anilines is 1. The van der Waals surface area contributed by atoms with Gasteiger partial charge in [-0.25, -0.2) is 0 Å². The van der Waals surface area contributed by atoms with Crippen molar-refractivity contribution in [1.82, 2.24) is 0 Å². The average molecular weight is 509 g/mol. The molecule has 0 unspecified atom stereocenters. The molecule has 0 aromatic heterocycles. The Morgan fingerprint density at radius 2 is 1.85 bits per heavy atom. The van der Waals surface area contributed by atoms with Crippen molar-refractivity contribution in [2.75, 3.05) is 5.32 Å². The fraction of sp³-hybridized carbons (Fsp3) is 0.133. The van der Waals surface area contributed by atoms with E-state index in [-0.39, 0.29) is 5.91 Å². The lowest BCUT2D eigenvalue weighted by atomic mass is 10.1. The van der Waals surface area contributed by atoms with Crippen molar-refractivity contribution in [3.8, 4) is 0 Å². The molecule has 104 valence electrons. The molecule has 0 heterocycles. The summed E-state index contributed by atoms with van der Waals surface area (Å²) in [5, 5.41) is 2.98. The van der Waals surface area contributed by atoms with Crippen LogP contribution in [0.15, 0.2) is 39.3 Å². The molecule has 2 aromatic rings. The summed E-state index contributed by atoms with van der Waals surface area (Å²) in [6, 6.07) is 9.71. The molecule has 0 saturated heterocycles. The Hall–Kier alpha value is -0.400. The molecule has 2 aromatic carbocycles. The Morgan fingerprint density at radius 3 is 2.50 bits per heavy atom. The van der Waals surface area contributed by atoms with Crippen LogP contribution in [0, 0.1) is 17.4 Å². The van der Waals surface area contributed by atoms with Crippen molar-refractivity contribution in [3.63, 3.8) is 0 Å². The first-order chi connectivity index (χ1) is 9.38. The number of benzene rings is 2. The summed E-state index contributed by atoms with van der Waals surface area (Å²) in [5.41, 5.74) is 3.67. The molecule has 0 atom stereocenters. The van der Waals surface area contributed by atoms with E-state index in [0.717, 1.165) is 29.3 Å². The predicted octanol–water partition coefficient (Wildman–Crippen LogP) is 5.69. The van der Waals surface area contributed by atoms with Crippen LogP contribution >= 0.6 is 54.5 Å². The van der Waals surface area contributed by atoms with E-state index in [1.165, 1.54) is 0 Å². The molecule has 0 saturated carbocycles. The molecule has 2 nitrogen and oxygen atoms in total. The Balaban J connectivity index is 2.35. The van der Waals surface area contributed by atoms with Gasteiger partial charge < -0.3 is 5.32 Å². The number of amides is 1. The highest BCUT2D eigenvalue weighted by atomic mass is 127. The summed E-state index contributed by atoms with van der Waals surface area (Å²) in [4.78, 5) is 12.4. The molecule has 0 radical (unpaired) electrons. The number of rotatable bonds is 2. The number of halogens is 3. The third kappa shape index (κ3) is 3.62. The number of aryl methyl sites for hydroxylation is 2. The van der Waals surface area contributed by atoms with Crippen LogP contribution < -0.4 is 5.32 Å². The van der Waals surface area contributed by atoms with Gasteiger partial charge in [-0.15, -0.1) is 0 Å². The number of nitrogens with one attached hydrogen (secondary N) is 1. The second-order valence-electron chi connectivity index (χ2n) is 4.52. The van der Waals surface area contributed by atoms with Gasteiger partial charge in [0.1, 0.15) is 0 Å². The van der Waals surface area contributed by atoms with Crippen LogP contribution in [0.4, 0.5) is 5.69 Å². The van der Waals surface area contributed by atoms with Gasteiger partial charge in [-0.05, 0) is 87.8 Å². The van der Waals surface area contributed by atoms with Crippen molar-refractivity contribution >= 4 is 66.0 Å². The smallest absolute Gasteiger partial charge is 0.256 e. The van der Waals surface area contributed by atoms with Crippen LogP contribution in [0.5, 0.6) is 0 Å². The van der Waals surface area contributed by atoms with Crippen molar-refractivity contribution in [3.05, 3.63) is 59.5 Å². The maximum atomic E-state index is 12.4. The van der Waals surface area contributed by atoms with Crippen LogP contribution in [0.25, 0.3) is 0 Å². The van der Waals surface area contributed by atoms with Crippen LogP contribution in [0.2, 0.25) is 0 Å². The van der Waals surface area contributed by atoms with Gasteiger partial charge in [0.25, 0.3) is 5.91 Å². The van der Waals surface area contributed by atoms with E-state index in [4.69, 9.17) is 0 Å². The molecule has 0 aliphatic rings. The van der Waals surface area contributed by atoms with Crippen LogP contribution in [-0.2, 0) is 0 Å². The zero-order valence-corrected chi connectivity index (χ0v) is 16.3. The van der Waals surface area contributed by atoms with Gasteiger partial charge in [0.2, 0.25) is 0 Å². The van der Waals surface area contributed by atoms with Gasteiger partial charge in [-0.3, -0.25) is 4.79 Å². The number of hydrogen-bond acceptors (Lipinski definition) is 1. The van der Waals surface area contributed by atoms with E-state index < -0.39 is 0 Å². The quantitative estimate of drug-likeness (QED) is 0.519. The van der Waals surface area contributed by atoms with E-state index in [0.29, 0.717) is 5.56 Å². The van der Waals surface area contributed by atoms with Gasteiger partial charge in [-0.1, -0.05) is 22.0 Å². The summed E-state index contributed by atoms with van der Waals surface area (Å²) < 4.78 is 2.71. The van der Waals surface area contributed by atoms with E-state index in [1.54, 1.807) is 0 Å². The molecule has 0 spiro atoms. The maximum Gasteiger partial charge on any atom is 0.256 e. The van der Waals surface area contributed by atoms with Crippen molar-refractivity contribution < 1.29 is 4.79 Å². The monoisotopic (exact) mass is 507 g/mol. The lowest BCUT2D eigenvalue weighted by molar-refractivity contribution is 0.102. The van der Waals surface area contributed by atoms with E-state index in [9.17, 15) is 4.79 Å². The Kier molecular flexibility index (Phi) is 5.25. The Labute approximate surface area is 148 Å². The molecule has 0 aliphatic heterocycles. The maximum absolute atomic E-state index is 12.4. The minimum Gasteiger partial charge on any atom is -0.321 e. The molecule has 1 amide bonds. The predicted molar refractivity (Wildman–Crippen MR) is 98.4 cm³/mol. The largest absolute Gasteiger partial charge is 0.321 e. The number of hydrogen-bond donors (Lipinski definition) is 1. The summed E-state index contributed by atoms with van der Waals surface area (Å²) in [6.07, 6.45) is 0. The summed E-state index contributed by atoms with van der Waals surface area (Å²) in [7, 11) is 0. The van der Waals surface area contributed by atoms with E-state index >= 15 is 0 Å². The van der Waals surface area contributed by atoms with Crippen LogP contribution in [-0.4, -0.2) is 5.91 Å². The summed E-state index contributed by atoms with van der Waals surface area (Å²) in [6.45, 7) is 4.01. The zero-order valence-electron chi connectivity index (χ0n) is 10.9. The van der Waals surface area contributed by atoms with Crippen LogP contribution in [0.1, 0.15) is 21.5 Å². The van der Waals surface area contributed by atoms with Crippen LogP contribution in [0.3, 0.4) is 0 Å². The molecule has 1 N–H and O–H groups in total. The first kappa shape index (κ1) is 16.0. The fourth-order valence-corrected chi connectivity index (χ4v) is 3.64. The molecule has 2 rings (SSSR count). The van der Waals surface area contributed by atoms with Gasteiger partial charge in [0, 0.05) is 12.5 Å². The fourth-order valence-electron chi connectivity index (χ4n) is 1.93. The van der Waals surface area contributed by atoms with Crippen molar-refractivity contribution in [1.29, 1.82) is 0 Å². The van der Waals surface area contributed by atoms with Gasteiger partial charge in [0.05, 0.1) is 11.3 Å². The Morgan fingerprint density at radius 1 is 1.15 bits per heavy atom. The molecule has 20 heavy (non-hydrogen) atoms. The summed E-state index contributed by atoms with van der Waals surface area (Å²) in [5.74, 6) is -0.108. The average Bonchev–Trinajstić information content (AvgIpc) is 2.36. The van der Waals surface area contributed by atoms with Gasteiger partial charge in [0.15, 0.2) is 0 Å².